The van der Waals surface area contributed by atoms with Crippen LogP contribution >= 0.6 is 90.4 Å². The topological polar surface area (TPSA) is 397 Å². The Kier molecular flexibility index (Phi) is 28.0. The smallest absolute Gasteiger partial charge is 0.256 e. The monoisotopic (exact) mass is 1980 g/mol. The zero-order valence-electron chi connectivity index (χ0n) is 60.0. The summed E-state index contributed by atoms with van der Waals surface area (Å²) in [6.07, 6.45) is 9.13. The lowest BCUT2D eigenvalue weighted by molar-refractivity contribution is 0.0989. The fourth-order valence-corrected chi connectivity index (χ4v) is 12.0. The number of carbonyl (C=O) groups is 4. The normalized spacial score (nSPS) is 10.6. The quantitative estimate of drug-likeness (QED) is 0.0259. The summed E-state index contributed by atoms with van der Waals surface area (Å²) in [4.78, 5) is 114. The maximum Gasteiger partial charge on any atom is 0.256 e. The van der Waals surface area contributed by atoms with Gasteiger partial charge in [0.25, 0.3) is 45.9 Å². The van der Waals surface area contributed by atoms with E-state index >= 15 is 0 Å². The van der Waals surface area contributed by atoms with Crippen molar-refractivity contribution in [3.8, 4) is 46.0 Å². The number of ether oxygens (including phenoxy) is 4. The highest BCUT2D eigenvalue weighted by atomic mass is 127. The summed E-state index contributed by atoms with van der Waals surface area (Å²) in [7, 11) is 5.78. The molecule has 0 aliphatic heterocycles. The molecule has 0 saturated heterocycles. The second-order valence-electron chi connectivity index (χ2n) is 24.0. The maximum atomic E-state index is 14.3. The predicted octanol–water partition coefficient (Wildman–Crippen LogP) is 13.9. The van der Waals surface area contributed by atoms with Crippen LogP contribution in [-0.2, 0) is 28.2 Å². The number of benzene rings is 4. The summed E-state index contributed by atoms with van der Waals surface area (Å²) in [6.45, 7) is 7.21. The molecule has 0 aliphatic rings. The van der Waals surface area contributed by atoms with Crippen LogP contribution in [0.25, 0.3) is 0 Å². The fraction of sp³-hybridized carbons (Fsp3) is 0.105. The number of aryl methyl sites for hydroxylation is 4. The molecule has 112 heavy (non-hydrogen) atoms. The van der Waals surface area contributed by atoms with Gasteiger partial charge in [0, 0.05) is 103 Å². The molecule has 28 nitrogen and oxygen atoms in total. The number of primary amides is 4. The number of hydrogen-bond donors (Lipinski definition) is 8. The summed E-state index contributed by atoms with van der Waals surface area (Å²) in [6, 6.07) is 32.7. The molecule has 0 aliphatic carbocycles. The zero-order valence-corrected chi connectivity index (χ0v) is 68.6. The molecule has 576 valence electrons. The van der Waals surface area contributed by atoms with Gasteiger partial charge in [0.2, 0.25) is 0 Å². The molecule has 4 aromatic carbocycles. The van der Waals surface area contributed by atoms with Crippen LogP contribution in [0.1, 0.15) is 63.9 Å². The molecular weight excluding hydrogens is 1910 g/mol. The third-order valence-electron chi connectivity index (χ3n) is 15.8. The number of halogens is 8. The first-order valence-electron chi connectivity index (χ1n) is 32.5. The molecule has 8 aromatic heterocycles. The first-order chi connectivity index (χ1) is 53.0. The number of nitrogens with one attached hydrogen (secondary N) is 4. The van der Waals surface area contributed by atoms with Crippen LogP contribution in [0.3, 0.4) is 0 Å². The molecule has 12 rings (SSSR count). The highest BCUT2D eigenvalue weighted by Gasteiger charge is 2.27. The molecule has 4 amide bonds. The number of carbonyl (C=O) groups excluding carboxylic acids is 4. The van der Waals surface area contributed by atoms with Gasteiger partial charge < -0.3 is 63.1 Å². The third-order valence-corrected chi connectivity index (χ3v) is 18.5. The number of pyridine rings is 8. The van der Waals surface area contributed by atoms with Crippen LogP contribution in [0.2, 0.25) is 0 Å². The van der Waals surface area contributed by atoms with Crippen LogP contribution in [0.5, 0.6) is 46.0 Å². The van der Waals surface area contributed by atoms with Gasteiger partial charge in [0.1, 0.15) is 115 Å². The van der Waals surface area contributed by atoms with Crippen molar-refractivity contribution in [3.05, 3.63) is 294 Å². The van der Waals surface area contributed by atoms with Crippen molar-refractivity contribution in [2.45, 2.75) is 27.7 Å². The number of nitrogens with two attached hydrogens (primary N) is 4. The first kappa shape index (κ1) is 84.2. The van der Waals surface area contributed by atoms with Gasteiger partial charge in [-0.2, -0.15) is 0 Å². The van der Waals surface area contributed by atoms with Crippen molar-refractivity contribution in [1.82, 2.24) is 38.2 Å². The first-order valence-corrected chi connectivity index (χ1v) is 36.8. The van der Waals surface area contributed by atoms with Crippen LogP contribution in [-0.4, -0.2) is 61.8 Å². The van der Waals surface area contributed by atoms with Gasteiger partial charge >= 0.3 is 0 Å². The lowest BCUT2D eigenvalue weighted by Gasteiger charge is -2.18. The minimum Gasteiger partial charge on any atom is -0.456 e. The van der Waals surface area contributed by atoms with Crippen molar-refractivity contribution in [1.29, 1.82) is 0 Å². The fourth-order valence-electron chi connectivity index (χ4n) is 10.2. The van der Waals surface area contributed by atoms with Crippen LogP contribution in [0, 0.1) is 65.2 Å². The van der Waals surface area contributed by atoms with Crippen LogP contribution in [0.15, 0.2) is 190 Å². The zero-order chi connectivity index (χ0) is 81.7. The second kappa shape index (κ2) is 37.3. The van der Waals surface area contributed by atoms with Crippen molar-refractivity contribution in [2.75, 3.05) is 21.3 Å². The van der Waals surface area contributed by atoms with Crippen LogP contribution < -0.4 is 85.4 Å². The minimum absolute atomic E-state index is 0.0233. The molecular formula is C76H64F4I4N16O12. The highest BCUT2D eigenvalue weighted by Crippen LogP contribution is 2.37. The summed E-state index contributed by atoms with van der Waals surface area (Å²) in [5, 5.41) is 11.1. The van der Waals surface area contributed by atoms with E-state index in [9.17, 15) is 55.9 Å². The Balaban J connectivity index is 0.000000171. The molecule has 0 bridgehead atoms. The molecule has 8 heterocycles. The molecule has 0 radical (unpaired) electrons. The van der Waals surface area contributed by atoms with Crippen molar-refractivity contribution in [3.63, 3.8) is 0 Å². The van der Waals surface area contributed by atoms with Gasteiger partial charge in [0.15, 0.2) is 0 Å². The van der Waals surface area contributed by atoms with Crippen molar-refractivity contribution >= 4 is 160 Å². The number of hydrogen-bond acceptors (Lipinski definition) is 20. The van der Waals surface area contributed by atoms with Crippen molar-refractivity contribution in [2.24, 2.45) is 51.1 Å². The predicted molar refractivity (Wildman–Crippen MR) is 447 cm³/mol. The lowest BCUT2D eigenvalue weighted by Crippen LogP contribution is -2.25. The average molecular weight is 1980 g/mol. The number of rotatable bonds is 20. The summed E-state index contributed by atoms with van der Waals surface area (Å²) >= 11 is 7.92. The number of aromatic nitrogens is 8. The highest BCUT2D eigenvalue weighted by molar-refractivity contribution is 14.1. The number of amides is 4. The average Bonchev–Trinajstić information content (AvgIpc) is 0.798. The van der Waals surface area contributed by atoms with E-state index in [2.05, 4.69) is 41.2 Å². The van der Waals surface area contributed by atoms with Gasteiger partial charge in [-0.25, -0.2) is 17.6 Å². The second-order valence-corrected chi connectivity index (χ2v) is 29.0. The summed E-state index contributed by atoms with van der Waals surface area (Å²) in [5.74, 6) is -4.13. The Labute approximate surface area is 688 Å². The minimum atomic E-state index is -0.834. The Morgan fingerprint density at radius 1 is 0.357 bits per heavy atom. The van der Waals surface area contributed by atoms with E-state index < -0.39 is 69.1 Å². The lowest BCUT2D eigenvalue weighted by atomic mass is 10.2. The molecule has 0 atom stereocenters. The molecule has 12 N–H and O–H groups in total. The van der Waals surface area contributed by atoms with E-state index in [-0.39, 0.29) is 91.3 Å². The summed E-state index contributed by atoms with van der Waals surface area (Å²) in [5.41, 5.74) is 23.5. The number of anilines is 8. The van der Waals surface area contributed by atoms with E-state index in [0.717, 1.165) is 45.7 Å². The van der Waals surface area contributed by atoms with Crippen molar-refractivity contribution < 1.29 is 55.7 Å². The molecule has 36 heteroatoms. The Hall–Kier alpha value is -11.8. The van der Waals surface area contributed by atoms with E-state index in [1.165, 1.54) is 115 Å². The van der Waals surface area contributed by atoms with Gasteiger partial charge in [-0.05, 0) is 232 Å². The Morgan fingerprint density at radius 2 is 0.714 bits per heavy atom. The van der Waals surface area contributed by atoms with Gasteiger partial charge in [-0.3, -0.25) is 76.6 Å². The number of nitrogens with zero attached hydrogens (tertiary/aromatic N) is 8. The molecule has 0 unspecified atom stereocenters. The Morgan fingerprint density at radius 3 is 1.04 bits per heavy atom. The van der Waals surface area contributed by atoms with Gasteiger partial charge in [-0.1, -0.05) is 0 Å². The maximum absolute atomic E-state index is 14.3. The molecule has 0 spiro atoms. The van der Waals surface area contributed by atoms with E-state index in [4.69, 9.17) is 41.9 Å². The molecule has 0 saturated carbocycles. The van der Waals surface area contributed by atoms with Crippen LogP contribution in [0.4, 0.5) is 63.6 Å². The SMILES string of the molecule is Cc1cc(Oc2cc(=O)n(C)c(Nc3ccc(I)cc3F)c2C(N)=O)ccn1.Cc1ccc(Oc2cc(=O)n(C)c(Nc3ccc(I)cc3F)c2C(N)=O)cn1.Cc1ccncc1Oc1cc(=O)n(C)c(Nc2ccc(I)cc2F)c1C(N)=O.Cc1cncc(Oc2cc(=O)n(C)c(Nc3ccc(I)cc3F)c2C(N)=O)c1. The Bertz CT molecular complexity index is 5750. The van der Waals surface area contributed by atoms with Gasteiger partial charge in [-0.15, -0.1) is 0 Å². The molecule has 0 fully saturated rings. The largest absolute Gasteiger partial charge is 0.456 e. The van der Waals surface area contributed by atoms with E-state index in [1.807, 2.05) is 104 Å². The summed E-state index contributed by atoms with van der Waals surface area (Å²) < 4.78 is 87.5. The third kappa shape index (κ3) is 21.2. The molecule has 12 aromatic rings. The standard InChI is InChI=1S/4C19H16FIN4O3/c1-10-3-5-12(9-23-10)28-15-8-16(26)25(2)19(17(15)18(22)27)24-14-6-4-11(21)7-13(14)20;1-10-5-12(9-23-8-10)28-15-7-16(26)25(2)19(17(15)18(22)27)24-14-4-3-11(21)6-13(14)20;1-10-7-12(5-6-23-10)28-15-9-16(26)25(2)19(17(15)18(22)27)24-14-4-3-11(21)8-13(14)20;1-10-5-6-23-9-15(10)28-14-8-16(26)25(2)19(17(14)18(22)27)24-13-4-3-11(21)7-12(13)20/h4*3-9,24H,1-2H3,(H2,22,27). The van der Waals surface area contributed by atoms with E-state index in [0.29, 0.717) is 43.0 Å². The van der Waals surface area contributed by atoms with Gasteiger partial charge in [0.05, 0.1) is 41.3 Å². The van der Waals surface area contributed by atoms with E-state index in [1.54, 1.807) is 86.9 Å².